The molecule has 8 nitrogen and oxygen atoms in total. The Kier molecular flexibility index (Phi) is 4.89. The molecule has 0 aliphatic carbocycles. The lowest BCUT2D eigenvalue weighted by molar-refractivity contribution is 0.168. The molecular formula is C13H14N4O4S. The molecule has 0 fully saturated rings. The van der Waals surface area contributed by atoms with Crippen molar-refractivity contribution in [1.29, 1.82) is 0 Å². The highest BCUT2D eigenvalue weighted by Crippen LogP contribution is 2.16. The van der Waals surface area contributed by atoms with Gasteiger partial charge in [0.25, 0.3) is 10.0 Å². The van der Waals surface area contributed by atoms with E-state index in [1.165, 1.54) is 36.7 Å². The van der Waals surface area contributed by atoms with Crippen LogP contribution in [0.25, 0.3) is 0 Å². The predicted octanol–water partition coefficient (Wildman–Crippen LogP) is 1.85. The van der Waals surface area contributed by atoms with Gasteiger partial charge >= 0.3 is 6.09 Å². The Morgan fingerprint density at radius 3 is 2.41 bits per heavy atom. The maximum absolute atomic E-state index is 12.1. The van der Waals surface area contributed by atoms with E-state index in [4.69, 9.17) is 4.74 Å². The minimum atomic E-state index is -3.79. The second-order valence-electron chi connectivity index (χ2n) is 4.05. The van der Waals surface area contributed by atoms with Crippen molar-refractivity contribution in [2.45, 2.75) is 11.8 Å². The average molecular weight is 322 g/mol. The van der Waals surface area contributed by atoms with Crippen molar-refractivity contribution in [2.24, 2.45) is 0 Å². The summed E-state index contributed by atoms with van der Waals surface area (Å²) in [5.74, 6) is -0.0174. The first kappa shape index (κ1) is 15.7. The Hall–Kier alpha value is -2.68. The van der Waals surface area contributed by atoms with Crippen LogP contribution >= 0.6 is 0 Å². The normalized spacial score (nSPS) is 10.8. The van der Waals surface area contributed by atoms with Crippen molar-refractivity contribution in [3.8, 4) is 0 Å². The number of rotatable bonds is 5. The maximum Gasteiger partial charge on any atom is 0.411 e. The van der Waals surface area contributed by atoms with Gasteiger partial charge in [0.2, 0.25) is 5.95 Å². The van der Waals surface area contributed by atoms with Gasteiger partial charge in [-0.3, -0.25) is 5.32 Å². The fraction of sp³-hybridized carbons (Fsp3) is 0.154. The van der Waals surface area contributed by atoms with Gasteiger partial charge in [-0.2, -0.15) is 0 Å². The average Bonchev–Trinajstić information content (AvgIpc) is 2.48. The molecule has 0 saturated heterocycles. The number of nitrogens with zero attached hydrogens (tertiary/aromatic N) is 2. The van der Waals surface area contributed by atoms with Crippen LogP contribution in [0.4, 0.5) is 16.4 Å². The van der Waals surface area contributed by atoms with Gasteiger partial charge in [0, 0.05) is 18.1 Å². The summed E-state index contributed by atoms with van der Waals surface area (Å²) in [6.07, 6.45) is 2.25. The van der Waals surface area contributed by atoms with E-state index in [0.29, 0.717) is 5.69 Å². The Morgan fingerprint density at radius 1 is 1.18 bits per heavy atom. The molecule has 9 heteroatoms. The molecule has 1 aromatic carbocycles. The highest BCUT2D eigenvalue weighted by Gasteiger charge is 2.15. The number of hydrogen-bond acceptors (Lipinski definition) is 6. The molecule has 0 saturated carbocycles. The smallest absolute Gasteiger partial charge is 0.411 e. The molecule has 0 radical (unpaired) electrons. The van der Waals surface area contributed by atoms with Crippen molar-refractivity contribution in [2.75, 3.05) is 16.6 Å². The first-order valence-electron chi connectivity index (χ1n) is 6.35. The molecule has 0 aliphatic heterocycles. The lowest BCUT2D eigenvalue weighted by Gasteiger charge is -2.08. The van der Waals surface area contributed by atoms with Gasteiger partial charge in [0.15, 0.2) is 0 Å². The summed E-state index contributed by atoms with van der Waals surface area (Å²) in [6, 6.07) is 7.20. The van der Waals surface area contributed by atoms with Gasteiger partial charge in [-0.1, -0.05) is 0 Å². The summed E-state index contributed by atoms with van der Waals surface area (Å²) >= 11 is 0. The second-order valence-corrected chi connectivity index (χ2v) is 5.73. The molecule has 2 aromatic rings. The standard InChI is InChI=1S/C13H14N4O4S/c1-2-21-13(18)16-10-4-6-11(7-5-10)22(19,20)17-12-14-8-3-9-15-12/h3-9H,2H2,1H3,(H,16,18)(H,14,15,17). The summed E-state index contributed by atoms with van der Waals surface area (Å²) in [7, 11) is -3.79. The Morgan fingerprint density at radius 2 is 1.82 bits per heavy atom. The van der Waals surface area contributed by atoms with Crippen LogP contribution < -0.4 is 10.0 Å². The fourth-order valence-corrected chi connectivity index (χ4v) is 2.49. The zero-order chi connectivity index (χ0) is 16.0. The minimum absolute atomic E-state index is 0.0174. The third-order valence-corrected chi connectivity index (χ3v) is 3.82. The van der Waals surface area contributed by atoms with Crippen LogP contribution in [0.5, 0.6) is 0 Å². The maximum atomic E-state index is 12.1. The van der Waals surface area contributed by atoms with Gasteiger partial charge in [0.05, 0.1) is 11.5 Å². The zero-order valence-corrected chi connectivity index (χ0v) is 12.5. The Labute approximate surface area is 127 Å². The molecule has 2 N–H and O–H groups in total. The number of hydrogen-bond donors (Lipinski definition) is 2. The van der Waals surface area contributed by atoms with Crippen LogP contribution in [0.3, 0.4) is 0 Å². The van der Waals surface area contributed by atoms with E-state index in [9.17, 15) is 13.2 Å². The van der Waals surface area contributed by atoms with Crippen LogP contribution in [-0.4, -0.2) is 31.1 Å². The molecule has 0 atom stereocenters. The summed E-state index contributed by atoms with van der Waals surface area (Å²) < 4.78 is 31.2. The minimum Gasteiger partial charge on any atom is -0.450 e. The van der Waals surface area contributed by atoms with Crippen LogP contribution in [0.1, 0.15) is 6.92 Å². The topological polar surface area (TPSA) is 110 Å². The van der Waals surface area contributed by atoms with Crippen molar-refractivity contribution >= 4 is 27.8 Å². The molecule has 1 heterocycles. The number of anilines is 2. The van der Waals surface area contributed by atoms with E-state index in [1.807, 2.05) is 0 Å². The number of carbonyl (C=O) groups is 1. The summed E-state index contributed by atoms with van der Waals surface area (Å²) in [5, 5.41) is 2.47. The molecule has 0 bridgehead atoms. The number of benzene rings is 1. The second kappa shape index (κ2) is 6.85. The van der Waals surface area contributed by atoms with E-state index < -0.39 is 16.1 Å². The molecule has 22 heavy (non-hydrogen) atoms. The molecule has 116 valence electrons. The van der Waals surface area contributed by atoms with Gasteiger partial charge < -0.3 is 4.74 Å². The van der Waals surface area contributed by atoms with Gasteiger partial charge in [-0.15, -0.1) is 0 Å². The number of sulfonamides is 1. The lowest BCUT2D eigenvalue weighted by Crippen LogP contribution is -2.15. The molecule has 0 unspecified atom stereocenters. The van der Waals surface area contributed by atoms with E-state index in [0.717, 1.165) is 0 Å². The Balaban J connectivity index is 2.10. The van der Waals surface area contributed by atoms with E-state index >= 15 is 0 Å². The fourth-order valence-electron chi connectivity index (χ4n) is 1.53. The third-order valence-electron chi connectivity index (χ3n) is 2.48. The molecule has 1 amide bonds. The van der Waals surface area contributed by atoms with Crippen LogP contribution in [0, 0.1) is 0 Å². The van der Waals surface area contributed by atoms with Crippen LogP contribution in [0.15, 0.2) is 47.6 Å². The number of aromatic nitrogens is 2. The largest absolute Gasteiger partial charge is 0.450 e. The van der Waals surface area contributed by atoms with Gasteiger partial charge in [-0.05, 0) is 37.3 Å². The number of amides is 1. The monoisotopic (exact) mass is 322 g/mol. The highest BCUT2D eigenvalue weighted by molar-refractivity contribution is 7.92. The molecule has 0 aliphatic rings. The summed E-state index contributed by atoms with van der Waals surface area (Å²) in [6.45, 7) is 1.94. The van der Waals surface area contributed by atoms with Crippen molar-refractivity contribution < 1.29 is 17.9 Å². The predicted molar refractivity (Wildman–Crippen MR) is 79.9 cm³/mol. The van der Waals surface area contributed by atoms with Gasteiger partial charge in [0.1, 0.15) is 0 Å². The molecule has 0 spiro atoms. The SMILES string of the molecule is CCOC(=O)Nc1ccc(S(=O)(=O)Nc2ncccn2)cc1. The van der Waals surface area contributed by atoms with Crippen molar-refractivity contribution in [3.63, 3.8) is 0 Å². The summed E-state index contributed by atoms with van der Waals surface area (Å²) in [5.41, 5.74) is 0.424. The van der Waals surface area contributed by atoms with Crippen LogP contribution in [0.2, 0.25) is 0 Å². The Bertz CT molecular complexity index is 732. The van der Waals surface area contributed by atoms with E-state index in [2.05, 4.69) is 20.0 Å². The van der Waals surface area contributed by atoms with Crippen LogP contribution in [-0.2, 0) is 14.8 Å². The zero-order valence-electron chi connectivity index (χ0n) is 11.7. The number of carbonyl (C=O) groups excluding carboxylic acids is 1. The van der Waals surface area contributed by atoms with E-state index in [-0.39, 0.29) is 17.5 Å². The third kappa shape index (κ3) is 4.16. The number of ether oxygens (including phenoxy) is 1. The first-order chi connectivity index (χ1) is 10.5. The molecular weight excluding hydrogens is 308 g/mol. The van der Waals surface area contributed by atoms with E-state index in [1.54, 1.807) is 13.0 Å². The van der Waals surface area contributed by atoms with Crippen molar-refractivity contribution in [1.82, 2.24) is 9.97 Å². The lowest BCUT2D eigenvalue weighted by atomic mass is 10.3. The number of nitrogens with one attached hydrogen (secondary N) is 2. The first-order valence-corrected chi connectivity index (χ1v) is 7.83. The van der Waals surface area contributed by atoms with Gasteiger partial charge in [-0.25, -0.2) is 27.9 Å². The summed E-state index contributed by atoms with van der Waals surface area (Å²) in [4.78, 5) is 18.9. The molecule has 2 rings (SSSR count). The van der Waals surface area contributed by atoms with Crippen molar-refractivity contribution in [3.05, 3.63) is 42.7 Å². The molecule has 1 aromatic heterocycles. The quantitative estimate of drug-likeness (QED) is 0.869. The highest BCUT2D eigenvalue weighted by atomic mass is 32.2.